The lowest BCUT2D eigenvalue weighted by atomic mass is 10.5. The van der Waals surface area contributed by atoms with Crippen molar-refractivity contribution in [3.05, 3.63) is 0 Å². The van der Waals surface area contributed by atoms with E-state index in [1.165, 1.54) is 4.31 Å². The van der Waals surface area contributed by atoms with Crippen LogP contribution in [-0.2, 0) is 14.8 Å². The highest BCUT2D eigenvalue weighted by atomic mass is 32.2. The molecule has 0 rings (SSSR count). The molecule has 0 saturated heterocycles. The van der Waals surface area contributed by atoms with E-state index in [-0.39, 0.29) is 31.6 Å². The van der Waals surface area contributed by atoms with Crippen molar-refractivity contribution in [3.8, 4) is 0 Å². The molecule has 0 aromatic carbocycles. The molecule has 0 aromatic rings. The second kappa shape index (κ2) is 8.00. The van der Waals surface area contributed by atoms with Gasteiger partial charge in [0.1, 0.15) is 0 Å². The second-order valence-electron chi connectivity index (χ2n) is 3.86. The van der Waals surface area contributed by atoms with E-state index in [9.17, 15) is 8.42 Å². The Morgan fingerprint density at radius 3 is 2.38 bits per heavy atom. The maximum Gasteiger partial charge on any atom is 0.216 e. The maximum atomic E-state index is 11.8. The topological polar surface area (TPSA) is 66.8 Å². The average molecular weight is 253 g/mol. The Bertz CT molecular complexity index is 258. The van der Waals surface area contributed by atoms with Crippen molar-refractivity contribution in [2.45, 2.75) is 33.3 Å². The van der Waals surface area contributed by atoms with Crippen molar-refractivity contribution in [1.82, 2.24) is 4.31 Å². The Morgan fingerprint density at radius 2 is 1.94 bits per heavy atom. The van der Waals surface area contributed by atoms with Crippen LogP contribution in [0.1, 0.15) is 27.2 Å². The Balaban J connectivity index is 4.24. The van der Waals surface area contributed by atoms with Gasteiger partial charge >= 0.3 is 0 Å². The van der Waals surface area contributed by atoms with E-state index in [4.69, 9.17) is 9.84 Å². The molecule has 0 fully saturated rings. The minimum atomic E-state index is -3.29. The highest BCUT2D eigenvalue weighted by Crippen LogP contribution is 2.03. The van der Waals surface area contributed by atoms with Gasteiger partial charge in [0.05, 0.1) is 25.1 Å². The lowest BCUT2D eigenvalue weighted by Gasteiger charge is -2.20. The monoisotopic (exact) mass is 253 g/mol. The third kappa shape index (κ3) is 6.42. The van der Waals surface area contributed by atoms with Crippen LogP contribution < -0.4 is 0 Å². The van der Waals surface area contributed by atoms with Crippen LogP contribution in [-0.4, -0.2) is 56.0 Å². The molecule has 6 heteroatoms. The summed E-state index contributed by atoms with van der Waals surface area (Å²) in [6, 6.07) is 0. The summed E-state index contributed by atoms with van der Waals surface area (Å²) in [6.07, 6.45) is 0.775. The first-order valence-corrected chi connectivity index (χ1v) is 7.25. The first-order chi connectivity index (χ1) is 7.44. The van der Waals surface area contributed by atoms with Gasteiger partial charge in [-0.25, -0.2) is 8.42 Å². The number of sulfonamides is 1. The fraction of sp³-hybridized carbons (Fsp3) is 1.00. The lowest BCUT2D eigenvalue weighted by molar-refractivity contribution is 0.0905. The summed E-state index contributed by atoms with van der Waals surface area (Å²) < 4.78 is 30.2. The standard InChI is InChI=1S/C10H23NO4S/c1-4-5-11(6-7-12)16(13,14)9-8-15-10(2)3/h10,12H,4-9H2,1-3H3. The van der Waals surface area contributed by atoms with Gasteiger partial charge in [-0.3, -0.25) is 0 Å². The molecule has 5 nitrogen and oxygen atoms in total. The van der Waals surface area contributed by atoms with Gasteiger partial charge in [0.15, 0.2) is 0 Å². The van der Waals surface area contributed by atoms with Crippen LogP contribution in [0.25, 0.3) is 0 Å². The van der Waals surface area contributed by atoms with Gasteiger partial charge in [0.25, 0.3) is 0 Å². The van der Waals surface area contributed by atoms with Gasteiger partial charge in [-0.15, -0.1) is 0 Å². The van der Waals surface area contributed by atoms with E-state index in [1.807, 2.05) is 20.8 Å². The molecular formula is C10H23NO4S. The number of aliphatic hydroxyl groups excluding tert-OH is 1. The van der Waals surface area contributed by atoms with Crippen LogP contribution in [0.3, 0.4) is 0 Å². The quantitative estimate of drug-likeness (QED) is 0.648. The smallest absolute Gasteiger partial charge is 0.216 e. The van der Waals surface area contributed by atoms with Crippen molar-refractivity contribution in [3.63, 3.8) is 0 Å². The van der Waals surface area contributed by atoms with E-state index >= 15 is 0 Å². The molecule has 0 atom stereocenters. The van der Waals surface area contributed by atoms with Gasteiger partial charge in [-0.1, -0.05) is 6.92 Å². The minimum Gasteiger partial charge on any atom is -0.395 e. The maximum absolute atomic E-state index is 11.8. The molecular weight excluding hydrogens is 230 g/mol. The lowest BCUT2D eigenvalue weighted by Crippen LogP contribution is -2.37. The number of nitrogens with zero attached hydrogens (tertiary/aromatic N) is 1. The third-order valence-corrected chi connectivity index (χ3v) is 3.84. The summed E-state index contributed by atoms with van der Waals surface area (Å²) in [5, 5.41) is 8.80. The van der Waals surface area contributed by atoms with E-state index in [2.05, 4.69) is 0 Å². The molecule has 0 aliphatic heterocycles. The molecule has 0 amide bonds. The fourth-order valence-corrected chi connectivity index (χ4v) is 2.65. The SMILES string of the molecule is CCCN(CCO)S(=O)(=O)CCOC(C)C. The number of aliphatic hydroxyl groups is 1. The highest BCUT2D eigenvalue weighted by Gasteiger charge is 2.20. The molecule has 0 aliphatic carbocycles. The number of hydrogen-bond donors (Lipinski definition) is 1. The number of hydrogen-bond acceptors (Lipinski definition) is 4. The summed E-state index contributed by atoms with van der Waals surface area (Å²) in [4.78, 5) is 0. The Labute approximate surface area is 98.5 Å². The molecule has 1 N–H and O–H groups in total. The zero-order chi connectivity index (χ0) is 12.6. The Morgan fingerprint density at radius 1 is 1.31 bits per heavy atom. The van der Waals surface area contributed by atoms with E-state index in [0.29, 0.717) is 6.54 Å². The normalized spacial score (nSPS) is 12.6. The molecule has 0 bridgehead atoms. The van der Waals surface area contributed by atoms with Gasteiger partial charge < -0.3 is 9.84 Å². The van der Waals surface area contributed by atoms with Gasteiger partial charge in [-0.2, -0.15) is 4.31 Å². The van der Waals surface area contributed by atoms with E-state index in [1.54, 1.807) is 0 Å². The van der Waals surface area contributed by atoms with Gasteiger partial charge in [0.2, 0.25) is 10.0 Å². The Hall–Kier alpha value is -0.170. The van der Waals surface area contributed by atoms with Gasteiger partial charge in [-0.05, 0) is 20.3 Å². The van der Waals surface area contributed by atoms with Crippen LogP contribution in [0.2, 0.25) is 0 Å². The van der Waals surface area contributed by atoms with Crippen molar-refractivity contribution >= 4 is 10.0 Å². The first kappa shape index (κ1) is 15.8. The summed E-state index contributed by atoms with van der Waals surface area (Å²) in [7, 11) is -3.29. The molecule has 0 radical (unpaired) electrons. The summed E-state index contributed by atoms with van der Waals surface area (Å²) in [6.45, 7) is 6.30. The van der Waals surface area contributed by atoms with Crippen LogP contribution in [0.5, 0.6) is 0 Å². The highest BCUT2D eigenvalue weighted by molar-refractivity contribution is 7.89. The van der Waals surface area contributed by atoms with Crippen LogP contribution in [0.15, 0.2) is 0 Å². The largest absolute Gasteiger partial charge is 0.395 e. The molecule has 16 heavy (non-hydrogen) atoms. The zero-order valence-electron chi connectivity index (χ0n) is 10.3. The van der Waals surface area contributed by atoms with Gasteiger partial charge in [0, 0.05) is 13.1 Å². The summed E-state index contributed by atoms with van der Waals surface area (Å²) in [5.74, 6) is -0.0226. The molecule has 0 heterocycles. The minimum absolute atomic E-state index is 0.0226. The van der Waals surface area contributed by atoms with Crippen LogP contribution >= 0.6 is 0 Å². The third-order valence-electron chi connectivity index (χ3n) is 2.01. The molecule has 98 valence electrons. The first-order valence-electron chi connectivity index (χ1n) is 5.64. The molecule has 0 aliphatic rings. The average Bonchev–Trinajstić information content (AvgIpc) is 2.16. The predicted molar refractivity (Wildman–Crippen MR) is 63.8 cm³/mol. The molecule has 0 aromatic heterocycles. The number of ether oxygens (including phenoxy) is 1. The molecule has 0 saturated carbocycles. The molecule has 0 unspecified atom stereocenters. The Kier molecular flexibility index (Phi) is 7.91. The second-order valence-corrected chi connectivity index (χ2v) is 5.95. The summed E-state index contributed by atoms with van der Waals surface area (Å²) in [5.41, 5.74) is 0. The van der Waals surface area contributed by atoms with Crippen molar-refractivity contribution < 1.29 is 18.3 Å². The van der Waals surface area contributed by atoms with Crippen LogP contribution in [0.4, 0.5) is 0 Å². The number of rotatable bonds is 9. The van der Waals surface area contributed by atoms with Crippen molar-refractivity contribution in [2.24, 2.45) is 0 Å². The predicted octanol–water partition coefficient (Wildman–Crippen LogP) is 0.446. The van der Waals surface area contributed by atoms with Crippen molar-refractivity contribution in [2.75, 3.05) is 32.1 Å². The van der Waals surface area contributed by atoms with Crippen molar-refractivity contribution in [1.29, 1.82) is 0 Å². The summed E-state index contributed by atoms with van der Waals surface area (Å²) >= 11 is 0. The fourth-order valence-electron chi connectivity index (χ4n) is 1.27. The molecule has 0 spiro atoms. The van der Waals surface area contributed by atoms with E-state index < -0.39 is 10.0 Å². The van der Waals surface area contributed by atoms with Crippen LogP contribution in [0, 0.1) is 0 Å². The zero-order valence-corrected chi connectivity index (χ0v) is 11.2. The van der Waals surface area contributed by atoms with E-state index in [0.717, 1.165) is 6.42 Å².